The molecular formula is C8H16O2. The first-order valence-electron chi connectivity index (χ1n) is 3.94. The van der Waals surface area contributed by atoms with Gasteiger partial charge in [-0.05, 0) is 5.92 Å². The average Bonchev–Trinajstić information content (AvgIpc) is 1.86. The van der Waals surface area contributed by atoms with Gasteiger partial charge in [0.2, 0.25) is 0 Å². The van der Waals surface area contributed by atoms with Crippen molar-refractivity contribution in [2.75, 3.05) is 13.7 Å². The normalized spacial score (nSPS) is 35.1. The topological polar surface area (TPSA) is 18.5 Å². The van der Waals surface area contributed by atoms with Crippen molar-refractivity contribution in [3.05, 3.63) is 0 Å². The van der Waals surface area contributed by atoms with Gasteiger partial charge in [-0.3, -0.25) is 0 Å². The predicted octanol–water partition coefficient (Wildman–Crippen LogP) is 1.45. The van der Waals surface area contributed by atoms with Gasteiger partial charge in [-0.15, -0.1) is 0 Å². The minimum Gasteiger partial charge on any atom is -0.376 e. The minimum absolute atomic E-state index is 0.356. The average molecular weight is 144 g/mol. The predicted molar refractivity (Wildman–Crippen MR) is 40.0 cm³/mol. The summed E-state index contributed by atoms with van der Waals surface area (Å²) in [6.45, 7) is 5.17. The first-order valence-corrected chi connectivity index (χ1v) is 3.94. The van der Waals surface area contributed by atoms with Gasteiger partial charge in [0.1, 0.15) is 6.10 Å². The van der Waals surface area contributed by atoms with E-state index in [9.17, 15) is 0 Å². The van der Waals surface area contributed by atoms with Crippen molar-refractivity contribution >= 4 is 0 Å². The number of rotatable bonds is 3. The lowest BCUT2D eigenvalue weighted by atomic mass is 9.94. The molecule has 10 heavy (non-hydrogen) atoms. The van der Waals surface area contributed by atoms with Crippen LogP contribution in [0.2, 0.25) is 0 Å². The summed E-state index contributed by atoms with van der Waals surface area (Å²) in [7, 11) is 1.75. The number of ether oxygens (including phenoxy) is 2. The Labute approximate surface area is 62.5 Å². The third-order valence-electron chi connectivity index (χ3n) is 2.33. The maximum Gasteiger partial charge on any atom is 0.107 e. The van der Waals surface area contributed by atoms with Crippen LogP contribution in [0.25, 0.3) is 0 Å². The second-order valence-corrected chi connectivity index (χ2v) is 2.96. The zero-order chi connectivity index (χ0) is 7.56. The van der Waals surface area contributed by atoms with Gasteiger partial charge in [0.15, 0.2) is 0 Å². The van der Waals surface area contributed by atoms with Crippen molar-refractivity contribution in [1.29, 1.82) is 0 Å². The molecule has 0 N–H and O–H groups in total. The van der Waals surface area contributed by atoms with E-state index >= 15 is 0 Å². The first-order chi connectivity index (χ1) is 4.79. The van der Waals surface area contributed by atoms with E-state index in [-0.39, 0.29) is 0 Å². The Kier molecular flexibility index (Phi) is 2.69. The highest BCUT2D eigenvalue weighted by atomic mass is 16.6. The molecule has 0 amide bonds. The van der Waals surface area contributed by atoms with Crippen molar-refractivity contribution in [3.8, 4) is 0 Å². The molecule has 1 saturated heterocycles. The summed E-state index contributed by atoms with van der Waals surface area (Å²) in [4.78, 5) is 0. The molecule has 0 bridgehead atoms. The van der Waals surface area contributed by atoms with E-state index in [1.807, 2.05) is 0 Å². The fourth-order valence-corrected chi connectivity index (χ4v) is 1.25. The molecule has 3 unspecified atom stereocenters. The largest absolute Gasteiger partial charge is 0.376 e. The van der Waals surface area contributed by atoms with Crippen LogP contribution in [0.1, 0.15) is 20.3 Å². The Balaban J connectivity index is 2.27. The number of hydrogen-bond donors (Lipinski definition) is 0. The van der Waals surface area contributed by atoms with Crippen molar-refractivity contribution in [1.82, 2.24) is 0 Å². The van der Waals surface area contributed by atoms with Gasteiger partial charge in [-0.1, -0.05) is 20.3 Å². The van der Waals surface area contributed by atoms with Crippen LogP contribution in [0.3, 0.4) is 0 Å². The molecule has 0 radical (unpaired) electrons. The Morgan fingerprint density at radius 2 is 2.40 bits per heavy atom. The van der Waals surface area contributed by atoms with Crippen LogP contribution in [0, 0.1) is 5.92 Å². The summed E-state index contributed by atoms with van der Waals surface area (Å²) >= 11 is 0. The molecule has 1 aliphatic rings. The lowest BCUT2D eigenvalue weighted by molar-refractivity contribution is -0.195. The zero-order valence-electron chi connectivity index (χ0n) is 6.96. The molecule has 0 aromatic carbocycles. The second kappa shape index (κ2) is 3.35. The summed E-state index contributed by atoms with van der Waals surface area (Å²) in [5, 5.41) is 0. The fourth-order valence-electron chi connectivity index (χ4n) is 1.25. The third-order valence-corrected chi connectivity index (χ3v) is 2.33. The molecule has 3 atom stereocenters. The van der Waals surface area contributed by atoms with Crippen LogP contribution < -0.4 is 0 Å². The molecule has 1 rings (SSSR count). The maximum atomic E-state index is 5.36. The minimum atomic E-state index is 0.356. The highest BCUT2D eigenvalue weighted by molar-refractivity contribution is 4.82. The Morgan fingerprint density at radius 3 is 2.70 bits per heavy atom. The van der Waals surface area contributed by atoms with E-state index in [2.05, 4.69) is 13.8 Å². The van der Waals surface area contributed by atoms with Gasteiger partial charge >= 0.3 is 0 Å². The Bertz CT molecular complexity index is 94.7. The van der Waals surface area contributed by atoms with Gasteiger partial charge in [0.25, 0.3) is 0 Å². The second-order valence-electron chi connectivity index (χ2n) is 2.96. The smallest absolute Gasteiger partial charge is 0.107 e. The fraction of sp³-hybridized carbons (Fsp3) is 1.00. The number of methoxy groups -OCH3 is 1. The molecule has 1 heterocycles. The quantitative estimate of drug-likeness (QED) is 0.596. The summed E-state index contributed by atoms with van der Waals surface area (Å²) in [6.07, 6.45) is 1.88. The molecule has 0 aliphatic carbocycles. The first kappa shape index (κ1) is 8.02. The summed E-state index contributed by atoms with van der Waals surface area (Å²) in [5.74, 6) is 0.638. The van der Waals surface area contributed by atoms with E-state index in [4.69, 9.17) is 9.47 Å². The van der Waals surface area contributed by atoms with Gasteiger partial charge in [0, 0.05) is 7.11 Å². The molecule has 1 fully saturated rings. The molecular weight excluding hydrogens is 128 g/mol. The summed E-state index contributed by atoms with van der Waals surface area (Å²) < 4.78 is 10.6. The lowest BCUT2D eigenvalue weighted by Crippen LogP contribution is -2.49. The van der Waals surface area contributed by atoms with Crippen molar-refractivity contribution in [3.63, 3.8) is 0 Å². The van der Waals surface area contributed by atoms with E-state index in [0.29, 0.717) is 18.1 Å². The lowest BCUT2D eigenvalue weighted by Gasteiger charge is -2.39. The van der Waals surface area contributed by atoms with Gasteiger partial charge in [-0.2, -0.15) is 0 Å². The monoisotopic (exact) mass is 144 g/mol. The molecule has 2 nitrogen and oxygen atoms in total. The van der Waals surface area contributed by atoms with Crippen molar-refractivity contribution < 1.29 is 9.47 Å². The van der Waals surface area contributed by atoms with Crippen LogP contribution >= 0.6 is 0 Å². The number of hydrogen-bond acceptors (Lipinski definition) is 2. The zero-order valence-corrected chi connectivity index (χ0v) is 6.96. The molecule has 2 heteroatoms. The van der Waals surface area contributed by atoms with Crippen molar-refractivity contribution in [2.45, 2.75) is 32.5 Å². The molecule has 0 aromatic heterocycles. The molecule has 0 spiro atoms. The van der Waals surface area contributed by atoms with Crippen LogP contribution in [-0.2, 0) is 9.47 Å². The summed E-state index contributed by atoms with van der Waals surface area (Å²) in [5.41, 5.74) is 0. The van der Waals surface area contributed by atoms with Gasteiger partial charge in [0.05, 0.1) is 12.7 Å². The van der Waals surface area contributed by atoms with Gasteiger partial charge < -0.3 is 9.47 Å². The van der Waals surface area contributed by atoms with E-state index < -0.39 is 0 Å². The van der Waals surface area contributed by atoms with E-state index in [0.717, 1.165) is 6.61 Å². The van der Waals surface area contributed by atoms with Crippen LogP contribution in [0.5, 0.6) is 0 Å². The van der Waals surface area contributed by atoms with Crippen LogP contribution in [-0.4, -0.2) is 25.9 Å². The highest BCUT2D eigenvalue weighted by Crippen LogP contribution is 2.24. The van der Waals surface area contributed by atoms with E-state index in [1.54, 1.807) is 7.11 Å². The highest BCUT2D eigenvalue weighted by Gasteiger charge is 2.35. The Hall–Kier alpha value is -0.0800. The standard InChI is InChI=1S/C8H16O2/c1-4-6(2)8-7(9-3)5-10-8/h6-8H,4-5H2,1-3H3. The summed E-state index contributed by atoms with van der Waals surface area (Å²) in [6, 6.07) is 0. The van der Waals surface area contributed by atoms with Crippen LogP contribution in [0.4, 0.5) is 0 Å². The Morgan fingerprint density at radius 1 is 1.70 bits per heavy atom. The van der Waals surface area contributed by atoms with Gasteiger partial charge in [-0.25, -0.2) is 0 Å². The molecule has 60 valence electrons. The van der Waals surface area contributed by atoms with E-state index in [1.165, 1.54) is 6.42 Å². The van der Waals surface area contributed by atoms with Crippen molar-refractivity contribution in [2.24, 2.45) is 5.92 Å². The molecule has 0 aromatic rings. The molecule has 0 saturated carbocycles. The molecule has 1 aliphatic heterocycles. The maximum absolute atomic E-state index is 5.36. The SMILES string of the molecule is CCC(C)C1OCC1OC. The van der Waals surface area contributed by atoms with Crippen LogP contribution in [0.15, 0.2) is 0 Å². The third kappa shape index (κ3) is 1.32.